The Morgan fingerprint density at radius 1 is 0.771 bits per heavy atom. The summed E-state index contributed by atoms with van der Waals surface area (Å²) in [6, 6.07) is 0. The second-order valence-electron chi connectivity index (χ2n) is 11.9. The molecule has 0 unspecified atom stereocenters. The molecule has 1 aliphatic rings. The minimum Gasteiger partial charge on any atom is -0.355 e. The molecule has 1 saturated heterocycles. The van der Waals surface area contributed by atoms with Gasteiger partial charge in [0.15, 0.2) is 0 Å². The van der Waals surface area contributed by atoms with Gasteiger partial charge in [0.2, 0.25) is 5.91 Å². The molecule has 0 spiro atoms. The van der Waals surface area contributed by atoms with Gasteiger partial charge in [0, 0.05) is 65.0 Å². The zero-order valence-corrected chi connectivity index (χ0v) is 29.6. The Bertz CT molecular complexity index is 1170. The van der Waals surface area contributed by atoms with Gasteiger partial charge in [-0.05, 0) is 71.4 Å². The predicted octanol–water partition coefficient (Wildman–Crippen LogP) is 5.71. The summed E-state index contributed by atoms with van der Waals surface area (Å²) >= 11 is 0. The number of amides is 2. The molecule has 9 heteroatoms. The summed E-state index contributed by atoms with van der Waals surface area (Å²) in [6.07, 6.45) is 37.5. The van der Waals surface area contributed by atoms with Crippen LogP contribution in [-0.2, 0) is 4.79 Å². The number of hydrogen-bond acceptors (Lipinski definition) is 7. The van der Waals surface area contributed by atoms with Crippen LogP contribution in [0.2, 0.25) is 0 Å². The SMILES string of the molecule is CCC=CCC=CCC=CCC=CCC=CCC=CCCC(=O)NCCN(CCCN1CCNCC1)CCNC(=O)c1cnc(C)cn1. The lowest BCUT2D eigenvalue weighted by Gasteiger charge is -2.29. The summed E-state index contributed by atoms with van der Waals surface area (Å²) in [7, 11) is 0. The van der Waals surface area contributed by atoms with E-state index < -0.39 is 0 Å². The number of nitrogens with one attached hydrogen (secondary N) is 3. The highest BCUT2D eigenvalue weighted by molar-refractivity contribution is 5.91. The number of carbonyl (C=O) groups excluding carboxylic acids is 2. The first-order chi connectivity index (χ1) is 23.6. The third kappa shape index (κ3) is 22.0. The number of aryl methyl sites for hydroxylation is 1. The van der Waals surface area contributed by atoms with Crippen molar-refractivity contribution in [1.82, 2.24) is 35.7 Å². The van der Waals surface area contributed by atoms with Gasteiger partial charge < -0.3 is 20.9 Å². The number of aromatic nitrogens is 2. The molecular formula is C39H61N7O2. The zero-order valence-electron chi connectivity index (χ0n) is 29.6. The highest BCUT2D eigenvalue weighted by Gasteiger charge is 2.12. The largest absolute Gasteiger partial charge is 0.355 e. The molecule has 0 aromatic carbocycles. The van der Waals surface area contributed by atoms with Crippen molar-refractivity contribution in [2.45, 2.75) is 71.6 Å². The van der Waals surface area contributed by atoms with Crippen LogP contribution in [-0.4, -0.2) is 97.0 Å². The average molecular weight is 660 g/mol. The van der Waals surface area contributed by atoms with Crippen molar-refractivity contribution in [3.05, 3.63) is 96.7 Å². The van der Waals surface area contributed by atoms with Crippen LogP contribution in [0.25, 0.3) is 0 Å². The van der Waals surface area contributed by atoms with Gasteiger partial charge in [-0.25, -0.2) is 4.98 Å². The van der Waals surface area contributed by atoms with E-state index in [9.17, 15) is 9.59 Å². The van der Waals surface area contributed by atoms with E-state index >= 15 is 0 Å². The molecule has 1 fully saturated rings. The minimum absolute atomic E-state index is 0.0709. The van der Waals surface area contributed by atoms with Gasteiger partial charge in [-0.3, -0.25) is 19.5 Å². The maximum absolute atomic E-state index is 12.5. The van der Waals surface area contributed by atoms with Crippen LogP contribution in [0, 0.1) is 6.92 Å². The topological polar surface area (TPSA) is 102 Å². The lowest BCUT2D eigenvalue weighted by Crippen LogP contribution is -2.45. The van der Waals surface area contributed by atoms with Crippen LogP contribution in [0.15, 0.2) is 85.3 Å². The summed E-state index contributed by atoms with van der Waals surface area (Å²) in [5.74, 6) is -0.146. The van der Waals surface area contributed by atoms with Gasteiger partial charge in [-0.1, -0.05) is 79.8 Å². The predicted molar refractivity (Wildman–Crippen MR) is 200 cm³/mol. The Kier molecular flexibility index (Phi) is 23.9. The first-order valence-corrected chi connectivity index (χ1v) is 18.0. The van der Waals surface area contributed by atoms with Crippen LogP contribution >= 0.6 is 0 Å². The van der Waals surface area contributed by atoms with E-state index in [4.69, 9.17) is 0 Å². The number of carbonyl (C=O) groups is 2. The summed E-state index contributed by atoms with van der Waals surface area (Å²) in [4.78, 5) is 38.0. The van der Waals surface area contributed by atoms with E-state index in [1.54, 1.807) is 6.20 Å². The van der Waals surface area contributed by atoms with Gasteiger partial charge in [-0.2, -0.15) is 0 Å². The van der Waals surface area contributed by atoms with E-state index in [0.717, 1.165) is 103 Å². The second kappa shape index (κ2) is 28.4. The summed E-state index contributed by atoms with van der Waals surface area (Å²) in [5, 5.41) is 9.42. The van der Waals surface area contributed by atoms with Crippen LogP contribution in [0.1, 0.15) is 80.9 Å². The molecule has 1 aliphatic heterocycles. The quantitative estimate of drug-likeness (QED) is 0.116. The zero-order chi connectivity index (χ0) is 34.3. The molecule has 2 rings (SSSR count). The summed E-state index contributed by atoms with van der Waals surface area (Å²) in [6.45, 7) is 12.8. The Labute approximate surface area is 290 Å². The molecule has 0 radical (unpaired) electrons. The highest BCUT2D eigenvalue weighted by atomic mass is 16.2. The fourth-order valence-corrected chi connectivity index (χ4v) is 5.01. The maximum Gasteiger partial charge on any atom is 0.271 e. The first-order valence-electron chi connectivity index (χ1n) is 18.0. The van der Waals surface area contributed by atoms with E-state index in [2.05, 4.69) is 116 Å². The Morgan fingerprint density at radius 3 is 1.90 bits per heavy atom. The Morgan fingerprint density at radius 2 is 1.33 bits per heavy atom. The molecule has 2 heterocycles. The standard InChI is InChI=1S/C39H61N7O2/c1-3-4-5-6-7-8-9-10-11-12-13-14-15-16-17-18-19-20-21-23-38(47)41-26-32-46(29-22-28-45-30-24-40-25-31-45)33-27-42-39(48)37-35-43-36(2)34-44-37/h4-5,7-8,10-11,13-14,16-17,19-20,34-35,40H,3,6,9,12,15,18,21-33H2,1-2H3,(H,41,47)(H,42,48). The van der Waals surface area contributed by atoms with E-state index in [0.29, 0.717) is 31.7 Å². The second-order valence-corrected chi connectivity index (χ2v) is 11.9. The van der Waals surface area contributed by atoms with Gasteiger partial charge in [0.05, 0.1) is 11.9 Å². The third-order valence-electron chi connectivity index (χ3n) is 7.77. The molecule has 48 heavy (non-hydrogen) atoms. The lowest BCUT2D eigenvalue weighted by molar-refractivity contribution is -0.121. The van der Waals surface area contributed by atoms with E-state index in [1.165, 1.54) is 6.20 Å². The molecule has 9 nitrogen and oxygen atoms in total. The average Bonchev–Trinajstić information content (AvgIpc) is 3.09. The molecule has 0 bridgehead atoms. The highest BCUT2D eigenvalue weighted by Crippen LogP contribution is 2.00. The van der Waals surface area contributed by atoms with Crippen LogP contribution in [0.3, 0.4) is 0 Å². The third-order valence-corrected chi connectivity index (χ3v) is 7.77. The lowest BCUT2D eigenvalue weighted by atomic mass is 10.2. The number of hydrogen-bond donors (Lipinski definition) is 3. The number of piperazine rings is 1. The van der Waals surface area contributed by atoms with E-state index in [1.807, 2.05) is 6.92 Å². The van der Waals surface area contributed by atoms with Gasteiger partial charge >= 0.3 is 0 Å². The molecular weight excluding hydrogens is 598 g/mol. The van der Waals surface area contributed by atoms with Crippen molar-refractivity contribution in [2.75, 3.05) is 65.4 Å². The van der Waals surface area contributed by atoms with E-state index in [-0.39, 0.29) is 11.8 Å². The van der Waals surface area contributed by atoms with Gasteiger partial charge in [0.1, 0.15) is 5.69 Å². The number of rotatable bonds is 25. The molecule has 1 aromatic rings. The molecule has 0 atom stereocenters. The van der Waals surface area contributed by atoms with Crippen molar-refractivity contribution >= 4 is 11.8 Å². The minimum atomic E-state index is -0.217. The van der Waals surface area contributed by atoms with Crippen LogP contribution < -0.4 is 16.0 Å². The van der Waals surface area contributed by atoms with Crippen molar-refractivity contribution in [1.29, 1.82) is 0 Å². The Hall–Kier alpha value is -3.66. The molecule has 264 valence electrons. The van der Waals surface area contributed by atoms with Crippen molar-refractivity contribution in [2.24, 2.45) is 0 Å². The van der Waals surface area contributed by atoms with Crippen LogP contribution in [0.4, 0.5) is 0 Å². The fraction of sp³-hybridized carbons (Fsp3) is 0.538. The first kappa shape index (κ1) is 40.5. The normalized spacial score (nSPS) is 14.6. The Balaban J connectivity index is 1.57. The molecule has 2 amide bonds. The number of allylic oxidation sites excluding steroid dienone is 12. The van der Waals surface area contributed by atoms with Crippen LogP contribution in [0.5, 0.6) is 0 Å². The molecule has 0 saturated carbocycles. The van der Waals surface area contributed by atoms with Gasteiger partial charge in [-0.15, -0.1) is 0 Å². The summed E-state index contributed by atoms with van der Waals surface area (Å²) < 4.78 is 0. The molecule has 3 N–H and O–H groups in total. The smallest absolute Gasteiger partial charge is 0.271 e. The van der Waals surface area contributed by atoms with Crippen molar-refractivity contribution in [3.8, 4) is 0 Å². The fourth-order valence-electron chi connectivity index (χ4n) is 5.01. The monoisotopic (exact) mass is 659 g/mol. The number of nitrogens with zero attached hydrogens (tertiary/aromatic N) is 4. The molecule has 1 aromatic heterocycles. The van der Waals surface area contributed by atoms with Crippen molar-refractivity contribution < 1.29 is 9.59 Å². The summed E-state index contributed by atoms with van der Waals surface area (Å²) in [5.41, 5.74) is 1.10. The van der Waals surface area contributed by atoms with Gasteiger partial charge in [0.25, 0.3) is 5.91 Å². The maximum atomic E-state index is 12.5. The van der Waals surface area contributed by atoms with Crippen molar-refractivity contribution in [3.63, 3.8) is 0 Å². The molecule has 0 aliphatic carbocycles.